The van der Waals surface area contributed by atoms with Crippen LogP contribution in [0.4, 0.5) is 0 Å². The van der Waals surface area contributed by atoms with Gasteiger partial charge in [0.2, 0.25) is 11.8 Å². The second kappa shape index (κ2) is 4.56. The van der Waals surface area contributed by atoms with E-state index in [0.29, 0.717) is 0 Å². The molecule has 1 aromatic heterocycles. The molecule has 7 heteroatoms. The van der Waals surface area contributed by atoms with Gasteiger partial charge in [-0.2, -0.15) is 0 Å². The van der Waals surface area contributed by atoms with Crippen molar-refractivity contribution >= 4 is 5.97 Å². The maximum atomic E-state index is 10.7. The first-order valence-corrected chi connectivity index (χ1v) is 4.04. The van der Waals surface area contributed by atoms with Crippen molar-refractivity contribution in [3.05, 3.63) is 11.6 Å². The Kier molecular flexibility index (Phi) is 3.40. The van der Waals surface area contributed by atoms with Crippen LogP contribution in [0, 0.1) is 0 Å². The van der Waals surface area contributed by atoms with Gasteiger partial charge in [0.05, 0.1) is 14.2 Å². The van der Waals surface area contributed by atoms with Crippen LogP contribution in [0.1, 0.15) is 11.6 Å². The molecule has 0 aliphatic heterocycles. The van der Waals surface area contributed by atoms with Gasteiger partial charge in [0, 0.05) is 11.6 Å². The van der Waals surface area contributed by atoms with Crippen LogP contribution in [0.15, 0.2) is 6.07 Å². The molecule has 0 spiro atoms. The first kappa shape index (κ1) is 11.2. The summed E-state index contributed by atoms with van der Waals surface area (Å²) in [6.45, 7) is 0. The molecule has 15 heavy (non-hydrogen) atoms. The molecule has 0 aliphatic rings. The molecule has 0 amide bonds. The van der Waals surface area contributed by atoms with E-state index in [1.165, 1.54) is 20.3 Å². The smallest absolute Gasteiger partial charge is 0.325 e. The number of ether oxygens (including phenoxy) is 2. The van der Waals surface area contributed by atoms with Crippen molar-refractivity contribution in [2.45, 2.75) is 6.04 Å². The lowest BCUT2D eigenvalue weighted by atomic mass is 10.1. The van der Waals surface area contributed by atoms with Gasteiger partial charge in [0.1, 0.15) is 6.04 Å². The third-order valence-corrected chi connectivity index (χ3v) is 1.77. The first-order valence-electron chi connectivity index (χ1n) is 4.04. The molecule has 82 valence electrons. The fourth-order valence-corrected chi connectivity index (χ4v) is 0.990. The van der Waals surface area contributed by atoms with Crippen LogP contribution in [0.3, 0.4) is 0 Å². The summed E-state index contributed by atoms with van der Waals surface area (Å²) < 4.78 is 9.65. The fourth-order valence-electron chi connectivity index (χ4n) is 0.990. The predicted octanol–water partition coefficient (Wildman–Crippen LogP) is -0.422. The zero-order chi connectivity index (χ0) is 11.4. The SMILES string of the molecule is COc1cc(C(N)C(=O)O)c(OC)nn1. The van der Waals surface area contributed by atoms with Crippen LogP contribution in [-0.2, 0) is 4.79 Å². The van der Waals surface area contributed by atoms with Crippen LogP contribution in [0.2, 0.25) is 0 Å². The molecule has 0 saturated heterocycles. The maximum Gasteiger partial charge on any atom is 0.325 e. The molecule has 7 nitrogen and oxygen atoms in total. The summed E-state index contributed by atoms with van der Waals surface area (Å²) in [6.07, 6.45) is 0. The van der Waals surface area contributed by atoms with Crippen molar-refractivity contribution in [1.29, 1.82) is 0 Å². The lowest BCUT2D eigenvalue weighted by molar-refractivity contribution is -0.138. The zero-order valence-corrected chi connectivity index (χ0v) is 8.30. The molecule has 0 fully saturated rings. The van der Waals surface area contributed by atoms with Crippen LogP contribution in [-0.4, -0.2) is 35.5 Å². The summed E-state index contributed by atoms with van der Waals surface area (Å²) in [6, 6.07) is 0.161. The average molecular weight is 213 g/mol. The molecule has 0 radical (unpaired) electrons. The number of nitrogens with zero attached hydrogens (tertiary/aromatic N) is 2. The molecule has 0 saturated carbocycles. The highest BCUT2D eigenvalue weighted by Gasteiger charge is 2.21. The van der Waals surface area contributed by atoms with Gasteiger partial charge in [0.15, 0.2) is 0 Å². The molecular formula is C8H11N3O4. The lowest BCUT2D eigenvalue weighted by Crippen LogP contribution is -2.22. The van der Waals surface area contributed by atoms with Crippen LogP contribution < -0.4 is 15.2 Å². The molecular weight excluding hydrogens is 202 g/mol. The van der Waals surface area contributed by atoms with E-state index in [4.69, 9.17) is 20.3 Å². The second-order valence-corrected chi connectivity index (χ2v) is 2.67. The van der Waals surface area contributed by atoms with Crippen molar-refractivity contribution in [1.82, 2.24) is 10.2 Å². The third kappa shape index (κ3) is 2.32. The van der Waals surface area contributed by atoms with E-state index in [1.807, 2.05) is 0 Å². The highest BCUT2D eigenvalue weighted by Crippen LogP contribution is 2.23. The van der Waals surface area contributed by atoms with Crippen molar-refractivity contribution in [2.75, 3.05) is 14.2 Å². The largest absolute Gasteiger partial charge is 0.480 e. The number of nitrogens with two attached hydrogens (primary N) is 1. The minimum atomic E-state index is -1.22. The van der Waals surface area contributed by atoms with E-state index < -0.39 is 12.0 Å². The highest BCUT2D eigenvalue weighted by atomic mass is 16.5. The van der Waals surface area contributed by atoms with Gasteiger partial charge < -0.3 is 20.3 Å². The molecule has 1 rings (SSSR count). The number of hydrogen-bond donors (Lipinski definition) is 2. The Bertz CT molecular complexity index is 369. The molecule has 0 aliphatic carbocycles. The average Bonchev–Trinajstić information content (AvgIpc) is 2.27. The second-order valence-electron chi connectivity index (χ2n) is 2.67. The minimum absolute atomic E-state index is 0.0747. The van der Waals surface area contributed by atoms with Crippen molar-refractivity contribution < 1.29 is 19.4 Å². The zero-order valence-electron chi connectivity index (χ0n) is 8.30. The summed E-state index contributed by atoms with van der Waals surface area (Å²) in [5, 5.41) is 16.0. The van der Waals surface area contributed by atoms with Crippen LogP contribution in [0.5, 0.6) is 11.8 Å². The van der Waals surface area contributed by atoms with Gasteiger partial charge in [-0.15, -0.1) is 10.2 Å². The van der Waals surface area contributed by atoms with E-state index in [-0.39, 0.29) is 17.3 Å². The van der Waals surface area contributed by atoms with Gasteiger partial charge >= 0.3 is 5.97 Å². The number of methoxy groups -OCH3 is 2. The standard InChI is InChI=1S/C8H11N3O4/c1-14-5-3-4(6(9)8(12)13)7(15-2)11-10-5/h3,6H,9H2,1-2H3,(H,12,13). The number of aliphatic carboxylic acids is 1. The Labute approximate surface area is 85.8 Å². The molecule has 1 atom stereocenters. The summed E-state index contributed by atoms with van der Waals surface area (Å²) >= 11 is 0. The molecule has 1 unspecified atom stereocenters. The Hall–Kier alpha value is -1.89. The van der Waals surface area contributed by atoms with E-state index in [0.717, 1.165) is 0 Å². The topological polar surface area (TPSA) is 108 Å². The molecule has 1 heterocycles. The number of carboxylic acid groups (broad SMARTS) is 1. The summed E-state index contributed by atoms with van der Waals surface area (Å²) in [4.78, 5) is 10.7. The van der Waals surface area contributed by atoms with E-state index in [1.54, 1.807) is 0 Å². The molecule has 1 aromatic rings. The lowest BCUT2D eigenvalue weighted by Gasteiger charge is -2.10. The molecule has 0 aromatic carbocycles. The number of carboxylic acids is 1. The van der Waals surface area contributed by atoms with Crippen molar-refractivity contribution in [3.63, 3.8) is 0 Å². The van der Waals surface area contributed by atoms with Gasteiger partial charge in [-0.1, -0.05) is 0 Å². The van der Waals surface area contributed by atoms with Crippen molar-refractivity contribution in [3.8, 4) is 11.8 Å². The minimum Gasteiger partial charge on any atom is -0.480 e. The monoisotopic (exact) mass is 213 g/mol. The Morgan fingerprint density at radius 3 is 2.60 bits per heavy atom. The number of aromatic nitrogens is 2. The fraction of sp³-hybridized carbons (Fsp3) is 0.375. The van der Waals surface area contributed by atoms with Gasteiger partial charge in [-0.05, 0) is 0 Å². The first-order chi connectivity index (χ1) is 7.10. The number of carbonyl (C=O) groups is 1. The Morgan fingerprint density at radius 2 is 2.13 bits per heavy atom. The highest BCUT2D eigenvalue weighted by molar-refractivity contribution is 5.76. The third-order valence-electron chi connectivity index (χ3n) is 1.77. The summed E-state index contributed by atoms with van der Waals surface area (Å²) in [7, 11) is 2.75. The summed E-state index contributed by atoms with van der Waals surface area (Å²) in [5.41, 5.74) is 5.65. The molecule has 3 N–H and O–H groups in total. The quantitative estimate of drug-likeness (QED) is 0.699. The molecule has 0 bridgehead atoms. The van der Waals surface area contributed by atoms with E-state index in [2.05, 4.69) is 10.2 Å². The number of rotatable bonds is 4. The van der Waals surface area contributed by atoms with Crippen molar-refractivity contribution in [2.24, 2.45) is 5.73 Å². The Morgan fingerprint density at radius 1 is 1.47 bits per heavy atom. The normalized spacial score (nSPS) is 11.9. The number of hydrogen-bond acceptors (Lipinski definition) is 6. The van der Waals surface area contributed by atoms with Gasteiger partial charge in [0.25, 0.3) is 0 Å². The van der Waals surface area contributed by atoms with E-state index in [9.17, 15) is 4.79 Å². The van der Waals surface area contributed by atoms with Crippen LogP contribution in [0.25, 0.3) is 0 Å². The van der Waals surface area contributed by atoms with Crippen LogP contribution >= 0.6 is 0 Å². The van der Waals surface area contributed by atoms with E-state index >= 15 is 0 Å². The maximum absolute atomic E-state index is 10.7. The predicted molar refractivity (Wildman–Crippen MR) is 49.7 cm³/mol. The van der Waals surface area contributed by atoms with Gasteiger partial charge in [-0.25, -0.2) is 0 Å². The summed E-state index contributed by atoms with van der Waals surface area (Å²) in [5.74, 6) is -0.920. The van der Waals surface area contributed by atoms with Gasteiger partial charge in [-0.3, -0.25) is 4.79 Å². The Balaban J connectivity index is 3.16.